The molecule has 0 aliphatic carbocycles. The summed E-state index contributed by atoms with van der Waals surface area (Å²) in [6.45, 7) is 1.89. The van der Waals surface area contributed by atoms with Crippen molar-refractivity contribution in [3.8, 4) is 11.7 Å². The fraction of sp³-hybridized carbons (Fsp3) is 0.111. The first-order valence-electron chi connectivity index (χ1n) is 3.94. The topological polar surface area (TPSA) is 50.9 Å². The number of hydrogen-bond acceptors (Lipinski definition) is 3. The highest BCUT2D eigenvalue weighted by atomic mass is 16.3. The van der Waals surface area contributed by atoms with Crippen molar-refractivity contribution >= 4 is 0 Å². The third kappa shape index (κ3) is 1.38. The van der Waals surface area contributed by atoms with E-state index in [1.165, 1.54) is 16.9 Å². The van der Waals surface area contributed by atoms with E-state index in [9.17, 15) is 5.11 Å². The number of hydrogen-bond donors (Lipinski definition) is 1. The lowest BCUT2D eigenvalue weighted by Crippen LogP contribution is -1.99. The molecule has 0 aromatic carbocycles. The molecule has 13 heavy (non-hydrogen) atoms. The van der Waals surface area contributed by atoms with E-state index in [0.717, 1.165) is 5.69 Å². The van der Waals surface area contributed by atoms with E-state index < -0.39 is 0 Å². The SMILES string of the molecule is Cc1cccc(-n2nccc2O)n1. The lowest BCUT2D eigenvalue weighted by molar-refractivity contribution is 0.432. The lowest BCUT2D eigenvalue weighted by atomic mass is 10.4. The fourth-order valence-electron chi connectivity index (χ4n) is 1.12. The summed E-state index contributed by atoms with van der Waals surface area (Å²) >= 11 is 0. The Morgan fingerprint density at radius 2 is 2.15 bits per heavy atom. The first-order valence-corrected chi connectivity index (χ1v) is 3.94. The minimum atomic E-state index is 0.0955. The second kappa shape index (κ2) is 2.90. The number of aryl methyl sites for hydroxylation is 1. The van der Waals surface area contributed by atoms with Crippen LogP contribution >= 0.6 is 0 Å². The molecule has 0 aliphatic rings. The number of nitrogens with zero attached hydrogens (tertiary/aromatic N) is 3. The minimum absolute atomic E-state index is 0.0955. The number of rotatable bonds is 1. The van der Waals surface area contributed by atoms with Gasteiger partial charge in [0.1, 0.15) is 0 Å². The molecule has 0 aliphatic heterocycles. The standard InChI is InChI=1S/C9H9N3O/c1-7-3-2-4-8(11-7)12-9(13)5-6-10-12/h2-6,13H,1H3. The highest BCUT2D eigenvalue weighted by molar-refractivity contribution is 5.27. The molecule has 0 bridgehead atoms. The van der Waals surface area contributed by atoms with E-state index in [2.05, 4.69) is 10.1 Å². The average Bonchev–Trinajstić information content (AvgIpc) is 2.51. The fourth-order valence-corrected chi connectivity index (χ4v) is 1.12. The Kier molecular flexibility index (Phi) is 1.73. The monoisotopic (exact) mass is 175 g/mol. The van der Waals surface area contributed by atoms with Gasteiger partial charge >= 0.3 is 0 Å². The summed E-state index contributed by atoms with van der Waals surface area (Å²) in [6, 6.07) is 7.08. The molecule has 0 saturated carbocycles. The molecule has 0 amide bonds. The van der Waals surface area contributed by atoms with Crippen molar-refractivity contribution in [3.05, 3.63) is 36.2 Å². The van der Waals surface area contributed by atoms with Gasteiger partial charge < -0.3 is 5.11 Å². The summed E-state index contributed by atoms with van der Waals surface area (Å²) in [5.41, 5.74) is 0.896. The molecule has 2 aromatic heterocycles. The summed E-state index contributed by atoms with van der Waals surface area (Å²) in [7, 11) is 0. The van der Waals surface area contributed by atoms with Crippen molar-refractivity contribution in [3.63, 3.8) is 0 Å². The van der Waals surface area contributed by atoms with Crippen LogP contribution in [0.2, 0.25) is 0 Å². The molecule has 66 valence electrons. The Labute approximate surface area is 75.5 Å². The summed E-state index contributed by atoms with van der Waals surface area (Å²) in [5.74, 6) is 0.723. The Balaban J connectivity index is 2.53. The van der Waals surface area contributed by atoms with Gasteiger partial charge in [0.2, 0.25) is 5.88 Å². The molecule has 4 heteroatoms. The summed E-state index contributed by atoms with van der Waals surface area (Å²) in [5, 5.41) is 13.3. The maximum absolute atomic E-state index is 9.36. The Morgan fingerprint density at radius 1 is 1.31 bits per heavy atom. The van der Waals surface area contributed by atoms with Crippen LogP contribution in [-0.2, 0) is 0 Å². The maximum atomic E-state index is 9.36. The predicted octanol–water partition coefficient (Wildman–Crippen LogP) is 1.28. The molecule has 0 radical (unpaired) electrons. The van der Waals surface area contributed by atoms with Crippen LogP contribution in [0.3, 0.4) is 0 Å². The Hall–Kier alpha value is -1.84. The third-order valence-electron chi connectivity index (χ3n) is 1.71. The van der Waals surface area contributed by atoms with E-state index >= 15 is 0 Å². The summed E-state index contributed by atoms with van der Waals surface area (Å²) < 4.78 is 1.38. The van der Waals surface area contributed by atoms with E-state index in [1.54, 1.807) is 6.07 Å². The van der Waals surface area contributed by atoms with Gasteiger partial charge in [0.15, 0.2) is 5.82 Å². The summed E-state index contributed by atoms with van der Waals surface area (Å²) in [4.78, 5) is 4.22. The second-order valence-electron chi connectivity index (χ2n) is 2.74. The molecule has 2 aromatic rings. The molecule has 0 atom stereocenters. The minimum Gasteiger partial charge on any atom is -0.493 e. The zero-order valence-electron chi connectivity index (χ0n) is 7.18. The highest BCUT2D eigenvalue weighted by Gasteiger charge is 2.02. The first kappa shape index (κ1) is 7.79. The molecule has 2 heterocycles. The number of pyridine rings is 1. The van der Waals surface area contributed by atoms with Crippen LogP contribution in [0.1, 0.15) is 5.69 Å². The van der Waals surface area contributed by atoms with Crippen LogP contribution in [0.4, 0.5) is 0 Å². The van der Waals surface area contributed by atoms with Gasteiger partial charge in [-0.05, 0) is 19.1 Å². The van der Waals surface area contributed by atoms with Crippen molar-refractivity contribution in [2.24, 2.45) is 0 Å². The first-order chi connectivity index (χ1) is 6.27. The third-order valence-corrected chi connectivity index (χ3v) is 1.71. The summed E-state index contributed by atoms with van der Waals surface area (Å²) in [6.07, 6.45) is 1.53. The lowest BCUT2D eigenvalue weighted by Gasteiger charge is -2.01. The number of aromatic nitrogens is 3. The highest BCUT2D eigenvalue weighted by Crippen LogP contribution is 2.12. The molecule has 0 spiro atoms. The zero-order valence-corrected chi connectivity index (χ0v) is 7.18. The quantitative estimate of drug-likeness (QED) is 0.710. The molecule has 1 N–H and O–H groups in total. The normalized spacial score (nSPS) is 10.2. The number of aromatic hydroxyl groups is 1. The van der Waals surface area contributed by atoms with Gasteiger partial charge in [0.05, 0.1) is 6.20 Å². The van der Waals surface area contributed by atoms with Crippen molar-refractivity contribution in [2.45, 2.75) is 6.92 Å². The van der Waals surface area contributed by atoms with Gasteiger partial charge in [-0.1, -0.05) is 6.07 Å². The molecule has 0 unspecified atom stereocenters. The van der Waals surface area contributed by atoms with Crippen molar-refractivity contribution in [1.82, 2.24) is 14.8 Å². The van der Waals surface area contributed by atoms with Crippen LogP contribution in [0, 0.1) is 6.92 Å². The van der Waals surface area contributed by atoms with E-state index in [-0.39, 0.29) is 5.88 Å². The van der Waals surface area contributed by atoms with E-state index in [4.69, 9.17) is 0 Å². The molecular formula is C9H9N3O. The van der Waals surface area contributed by atoms with E-state index in [0.29, 0.717) is 5.82 Å². The van der Waals surface area contributed by atoms with Crippen LogP contribution in [0.5, 0.6) is 5.88 Å². The van der Waals surface area contributed by atoms with E-state index in [1.807, 2.05) is 19.1 Å². The van der Waals surface area contributed by atoms with Crippen molar-refractivity contribution in [2.75, 3.05) is 0 Å². The van der Waals surface area contributed by atoms with Gasteiger partial charge in [-0.2, -0.15) is 9.78 Å². The van der Waals surface area contributed by atoms with Crippen molar-refractivity contribution in [1.29, 1.82) is 0 Å². The Morgan fingerprint density at radius 3 is 2.77 bits per heavy atom. The van der Waals surface area contributed by atoms with Crippen LogP contribution < -0.4 is 0 Å². The molecule has 0 fully saturated rings. The molecule has 0 saturated heterocycles. The maximum Gasteiger partial charge on any atom is 0.215 e. The van der Waals surface area contributed by atoms with Crippen molar-refractivity contribution < 1.29 is 5.11 Å². The van der Waals surface area contributed by atoms with Gasteiger partial charge in [0.25, 0.3) is 0 Å². The van der Waals surface area contributed by atoms with Crippen LogP contribution in [0.25, 0.3) is 5.82 Å². The predicted molar refractivity (Wildman–Crippen MR) is 47.8 cm³/mol. The van der Waals surface area contributed by atoms with Crippen LogP contribution in [0.15, 0.2) is 30.5 Å². The van der Waals surface area contributed by atoms with Gasteiger partial charge in [-0.25, -0.2) is 4.98 Å². The van der Waals surface area contributed by atoms with Gasteiger partial charge in [0, 0.05) is 11.8 Å². The molecule has 4 nitrogen and oxygen atoms in total. The van der Waals surface area contributed by atoms with Gasteiger partial charge in [-0.15, -0.1) is 0 Å². The Bertz CT molecular complexity index is 422. The van der Waals surface area contributed by atoms with Crippen LogP contribution in [-0.4, -0.2) is 19.9 Å². The second-order valence-corrected chi connectivity index (χ2v) is 2.74. The smallest absolute Gasteiger partial charge is 0.215 e. The zero-order chi connectivity index (χ0) is 9.26. The largest absolute Gasteiger partial charge is 0.493 e. The molecular weight excluding hydrogens is 166 g/mol. The van der Waals surface area contributed by atoms with Gasteiger partial charge in [-0.3, -0.25) is 0 Å². The average molecular weight is 175 g/mol. The molecule has 2 rings (SSSR count).